The average Bonchev–Trinajstić information content (AvgIpc) is 2.74. The number of aryl methyl sites for hydroxylation is 1. The van der Waals surface area contributed by atoms with Crippen LogP contribution < -0.4 is 5.32 Å². The summed E-state index contributed by atoms with van der Waals surface area (Å²) in [7, 11) is 1.97. The highest BCUT2D eigenvalue weighted by Gasteiger charge is 2.31. The largest absolute Gasteiger partial charge is 0.379 e. The molecular formula is C9H16N4O. The summed E-state index contributed by atoms with van der Waals surface area (Å²) >= 11 is 0. The second-order valence-electron chi connectivity index (χ2n) is 3.61. The monoisotopic (exact) mass is 196 g/mol. The summed E-state index contributed by atoms with van der Waals surface area (Å²) in [6, 6.07) is 0.378. The fourth-order valence-corrected chi connectivity index (χ4v) is 1.90. The molecule has 0 aliphatic carbocycles. The van der Waals surface area contributed by atoms with Gasteiger partial charge in [-0.1, -0.05) is 6.92 Å². The van der Waals surface area contributed by atoms with Gasteiger partial charge in [0.1, 0.15) is 12.2 Å². The Balaban J connectivity index is 2.13. The van der Waals surface area contributed by atoms with Crippen LogP contribution in [0.3, 0.4) is 0 Å². The van der Waals surface area contributed by atoms with Crippen LogP contribution in [-0.2, 0) is 11.8 Å². The molecule has 1 aromatic heterocycles. The normalized spacial score (nSPS) is 27.0. The molecule has 0 radical (unpaired) electrons. The Bertz CT molecular complexity index is 299. The van der Waals surface area contributed by atoms with Crippen molar-refractivity contribution in [3.8, 4) is 0 Å². The molecule has 1 fully saturated rings. The van der Waals surface area contributed by atoms with Gasteiger partial charge in [0.2, 0.25) is 0 Å². The smallest absolute Gasteiger partial charge is 0.139 e. The first-order valence-electron chi connectivity index (χ1n) is 4.98. The lowest BCUT2D eigenvalue weighted by Crippen LogP contribution is -2.35. The molecule has 1 aliphatic rings. The molecule has 5 heteroatoms. The van der Waals surface area contributed by atoms with E-state index in [4.69, 9.17) is 4.74 Å². The molecular weight excluding hydrogens is 180 g/mol. The van der Waals surface area contributed by atoms with Crippen LogP contribution in [0.5, 0.6) is 0 Å². The highest BCUT2D eigenvalue weighted by atomic mass is 16.5. The minimum atomic E-state index is 0.336. The Morgan fingerprint density at radius 1 is 1.64 bits per heavy atom. The van der Waals surface area contributed by atoms with Gasteiger partial charge >= 0.3 is 0 Å². The van der Waals surface area contributed by atoms with Crippen LogP contribution >= 0.6 is 0 Å². The summed E-state index contributed by atoms with van der Waals surface area (Å²) < 4.78 is 7.42. The summed E-state index contributed by atoms with van der Waals surface area (Å²) in [5.74, 6) is 1.34. The second kappa shape index (κ2) is 4.06. The Labute approximate surface area is 83.5 Å². The van der Waals surface area contributed by atoms with Crippen molar-refractivity contribution in [2.24, 2.45) is 7.05 Å². The Morgan fingerprint density at radius 2 is 2.50 bits per heavy atom. The van der Waals surface area contributed by atoms with Gasteiger partial charge in [-0.15, -0.1) is 10.2 Å². The summed E-state index contributed by atoms with van der Waals surface area (Å²) in [5, 5.41) is 11.4. The molecule has 78 valence electrons. The predicted octanol–water partition coefficient (Wildman–Crippen LogP) is -0.0930. The third kappa shape index (κ3) is 1.65. The highest BCUT2D eigenvalue weighted by molar-refractivity contribution is 5.04. The van der Waals surface area contributed by atoms with Crippen molar-refractivity contribution in [1.29, 1.82) is 0 Å². The molecule has 1 N–H and O–H groups in total. The molecule has 5 nitrogen and oxygen atoms in total. The molecule has 14 heavy (non-hydrogen) atoms. The first-order valence-corrected chi connectivity index (χ1v) is 4.98. The third-order valence-corrected chi connectivity index (χ3v) is 2.62. The van der Waals surface area contributed by atoms with Gasteiger partial charge in [-0.25, -0.2) is 0 Å². The number of hydrogen-bond acceptors (Lipinski definition) is 4. The van der Waals surface area contributed by atoms with Gasteiger partial charge in [-0.05, 0) is 6.54 Å². The molecule has 1 aromatic rings. The van der Waals surface area contributed by atoms with Crippen molar-refractivity contribution in [1.82, 2.24) is 20.1 Å². The lowest BCUT2D eigenvalue weighted by atomic mass is 10.0. The Kier molecular flexibility index (Phi) is 2.79. The maximum atomic E-state index is 5.46. The second-order valence-corrected chi connectivity index (χ2v) is 3.61. The van der Waals surface area contributed by atoms with E-state index >= 15 is 0 Å². The van der Waals surface area contributed by atoms with E-state index in [0.29, 0.717) is 12.0 Å². The number of aromatic nitrogens is 3. The minimum Gasteiger partial charge on any atom is -0.379 e. The summed E-state index contributed by atoms with van der Waals surface area (Å²) in [5.41, 5.74) is 0. The van der Waals surface area contributed by atoms with Crippen molar-refractivity contribution in [3.05, 3.63) is 12.2 Å². The van der Waals surface area contributed by atoms with Gasteiger partial charge in [0.05, 0.1) is 19.1 Å². The van der Waals surface area contributed by atoms with Gasteiger partial charge in [0.25, 0.3) is 0 Å². The van der Waals surface area contributed by atoms with Crippen LogP contribution in [0.1, 0.15) is 18.7 Å². The van der Waals surface area contributed by atoms with Crippen molar-refractivity contribution in [2.75, 3.05) is 19.8 Å². The molecule has 0 amide bonds. The average molecular weight is 196 g/mol. The fraction of sp³-hybridized carbons (Fsp3) is 0.778. The zero-order valence-electron chi connectivity index (χ0n) is 8.60. The zero-order chi connectivity index (χ0) is 9.97. The van der Waals surface area contributed by atoms with E-state index in [1.165, 1.54) is 0 Å². The maximum absolute atomic E-state index is 5.46. The molecule has 0 spiro atoms. The van der Waals surface area contributed by atoms with E-state index in [1.54, 1.807) is 6.33 Å². The number of likely N-dealkylation sites (N-methyl/N-ethyl adjacent to an activating group) is 1. The first kappa shape index (κ1) is 9.61. The molecule has 2 atom stereocenters. The van der Waals surface area contributed by atoms with Crippen molar-refractivity contribution in [3.63, 3.8) is 0 Å². The lowest BCUT2D eigenvalue weighted by Gasteiger charge is -2.16. The van der Waals surface area contributed by atoms with Crippen molar-refractivity contribution >= 4 is 0 Å². The molecule has 1 aliphatic heterocycles. The number of nitrogens with one attached hydrogen (secondary N) is 1. The molecule has 0 saturated carbocycles. The topological polar surface area (TPSA) is 52.0 Å². The minimum absolute atomic E-state index is 0.336. The van der Waals surface area contributed by atoms with Gasteiger partial charge in [-0.3, -0.25) is 0 Å². The van der Waals surface area contributed by atoms with Crippen LogP contribution in [0.4, 0.5) is 0 Å². The van der Waals surface area contributed by atoms with Crippen LogP contribution in [0, 0.1) is 0 Å². The van der Waals surface area contributed by atoms with Crippen LogP contribution in [-0.4, -0.2) is 40.6 Å². The number of hydrogen-bond donors (Lipinski definition) is 1. The van der Waals surface area contributed by atoms with E-state index in [-0.39, 0.29) is 0 Å². The van der Waals surface area contributed by atoms with Gasteiger partial charge in [-0.2, -0.15) is 0 Å². The standard InChI is InChI=1S/C9H16N4O/c1-3-10-8-5-14-4-7(8)9-12-11-6-13(9)2/h6-8,10H,3-5H2,1-2H3. The molecule has 1 saturated heterocycles. The van der Waals surface area contributed by atoms with Gasteiger partial charge in [0, 0.05) is 13.1 Å². The maximum Gasteiger partial charge on any atom is 0.139 e. The summed E-state index contributed by atoms with van der Waals surface area (Å²) in [6.07, 6.45) is 1.73. The van der Waals surface area contributed by atoms with Crippen LogP contribution in [0.25, 0.3) is 0 Å². The lowest BCUT2D eigenvalue weighted by molar-refractivity contribution is 0.187. The predicted molar refractivity (Wildman–Crippen MR) is 52.0 cm³/mol. The van der Waals surface area contributed by atoms with Gasteiger partial charge < -0.3 is 14.6 Å². The van der Waals surface area contributed by atoms with Crippen LogP contribution in [0.15, 0.2) is 6.33 Å². The summed E-state index contributed by atoms with van der Waals surface area (Å²) in [4.78, 5) is 0. The molecule has 0 bridgehead atoms. The Hall–Kier alpha value is -0.940. The molecule has 2 rings (SSSR count). The summed E-state index contributed by atoms with van der Waals surface area (Å²) in [6.45, 7) is 4.57. The fourth-order valence-electron chi connectivity index (χ4n) is 1.90. The quantitative estimate of drug-likeness (QED) is 0.734. The van der Waals surface area contributed by atoms with E-state index in [2.05, 4.69) is 22.4 Å². The van der Waals surface area contributed by atoms with E-state index in [1.807, 2.05) is 11.6 Å². The Morgan fingerprint density at radius 3 is 3.14 bits per heavy atom. The molecule has 2 heterocycles. The van der Waals surface area contributed by atoms with E-state index < -0.39 is 0 Å². The van der Waals surface area contributed by atoms with E-state index in [0.717, 1.165) is 25.6 Å². The van der Waals surface area contributed by atoms with Gasteiger partial charge in [0.15, 0.2) is 0 Å². The molecule has 2 unspecified atom stereocenters. The SMILES string of the molecule is CCNC1COCC1c1nncn1C. The third-order valence-electron chi connectivity index (χ3n) is 2.62. The number of nitrogens with zero attached hydrogens (tertiary/aromatic N) is 3. The zero-order valence-corrected chi connectivity index (χ0v) is 8.60. The number of ether oxygens (including phenoxy) is 1. The van der Waals surface area contributed by atoms with E-state index in [9.17, 15) is 0 Å². The van der Waals surface area contributed by atoms with Crippen molar-refractivity contribution in [2.45, 2.75) is 18.9 Å². The number of rotatable bonds is 3. The van der Waals surface area contributed by atoms with Crippen molar-refractivity contribution < 1.29 is 4.74 Å². The highest BCUT2D eigenvalue weighted by Crippen LogP contribution is 2.23. The van der Waals surface area contributed by atoms with Crippen LogP contribution in [0.2, 0.25) is 0 Å². The molecule has 0 aromatic carbocycles. The first-order chi connectivity index (χ1) is 6.83.